The van der Waals surface area contributed by atoms with Crippen molar-refractivity contribution in [2.75, 3.05) is 0 Å². The van der Waals surface area contributed by atoms with E-state index in [0.29, 0.717) is 0 Å². The minimum atomic E-state index is -4.09. The molecule has 0 spiro atoms. The zero-order valence-corrected chi connectivity index (χ0v) is 9.34. The molecule has 0 heterocycles. The van der Waals surface area contributed by atoms with Crippen LogP contribution in [0.15, 0.2) is 23.1 Å². The van der Waals surface area contributed by atoms with Crippen LogP contribution >= 0.6 is 0 Å². The molecule has 2 rings (SSSR count). The third kappa shape index (κ3) is 2.17. The minimum absolute atomic E-state index is 0.00667. The second-order valence-electron chi connectivity index (χ2n) is 3.78. The summed E-state index contributed by atoms with van der Waals surface area (Å²) < 4.78 is 41.2. The van der Waals surface area contributed by atoms with Crippen molar-refractivity contribution in [1.82, 2.24) is 0 Å². The van der Waals surface area contributed by atoms with E-state index in [1.807, 2.05) is 0 Å². The van der Waals surface area contributed by atoms with E-state index in [1.165, 1.54) is 12.1 Å². The molecule has 0 radical (unpaired) electrons. The zero-order valence-electron chi connectivity index (χ0n) is 8.52. The van der Waals surface area contributed by atoms with E-state index in [1.54, 1.807) is 0 Å². The molecule has 88 valence electrons. The number of benzene rings is 1. The summed E-state index contributed by atoms with van der Waals surface area (Å²) in [5.74, 6) is -0.869. The molecule has 0 unspecified atom stereocenters. The van der Waals surface area contributed by atoms with E-state index in [2.05, 4.69) is 0 Å². The Hall–Kier alpha value is -1.14. The van der Waals surface area contributed by atoms with Gasteiger partial charge in [-0.25, -0.2) is 17.9 Å². The molecule has 4 nitrogen and oxygen atoms in total. The maximum Gasteiger partial charge on any atom is 0.244 e. The summed E-state index contributed by atoms with van der Waals surface area (Å²) >= 11 is 0. The Morgan fingerprint density at radius 2 is 2.06 bits per heavy atom. The van der Waals surface area contributed by atoms with E-state index in [4.69, 9.17) is 9.88 Å². The monoisotopic (exact) mass is 245 g/mol. The summed E-state index contributed by atoms with van der Waals surface area (Å²) in [6, 6.07) is 3.87. The van der Waals surface area contributed by atoms with Gasteiger partial charge in [0.1, 0.15) is 11.6 Å². The number of ether oxygens (including phenoxy) is 1. The first-order valence-electron chi connectivity index (χ1n) is 4.96. The number of hydrogen-bond donors (Lipinski definition) is 1. The van der Waals surface area contributed by atoms with Crippen molar-refractivity contribution in [3.63, 3.8) is 0 Å². The van der Waals surface area contributed by atoms with Gasteiger partial charge >= 0.3 is 0 Å². The van der Waals surface area contributed by atoms with Gasteiger partial charge in [-0.1, -0.05) is 6.07 Å². The lowest BCUT2D eigenvalue weighted by Crippen LogP contribution is -2.26. The number of hydrogen-bond acceptors (Lipinski definition) is 3. The highest BCUT2D eigenvalue weighted by atomic mass is 32.2. The second kappa shape index (κ2) is 4.03. The Bertz CT molecular complexity index is 497. The molecular formula is C10H12FNO3S. The minimum Gasteiger partial charge on any atom is -0.489 e. The first-order chi connectivity index (χ1) is 7.48. The summed E-state index contributed by atoms with van der Waals surface area (Å²) in [6.07, 6.45) is 2.74. The molecule has 0 atom stereocenters. The van der Waals surface area contributed by atoms with Crippen molar-refractivity contribution in [3.8, 4) is 5.75 Å². The van der Waals surface area contributed by atoms with Crippen molar-refractivity contribution in [2.24, 2.45) is 5.14 Å². The van der Waals surface area contributed by atoms with E-state index in [-0.39, 0.29) is 11.9 Å². The zero-order chi connectivity index (χ0) is 11.8. The van der Waals surface area contributed by atoms with Crippen LogP contribution in [0.25, 0.3) is 0 Å². The number of sulfonamides is 1. The predicted octanol–water partition coefficient (Wildman–Crippen LogP) is 1.40. The Labute approximate surface area is 93.3 Å². The van der Waals surface area contributed by atoms with Crippen LogP contribution in [-0.4, -0.2) is 14.5 Å². The molecule has 0 saturated heterocycles. The van der Waals surface area contributed by atoms with Crippen molar-refractivity contribution < 1.29 is 17.5 Å². The highest BCUT2D eigenvalue weighted by Crippen LogP contribution is 2.30. The van der Waals surface area contributed by atoms with Crippen molar-refractivity contribution in [2.45, 2.75) is 30.3 Å². The molecule has 1 aliphatic rings. The van der Waals surface area contributed by atoms with Crippen molar-refractivity contribution in [1.29, 1.82) is 0 Å². The molecule has 1 saturated carbocycles. The number of rotatable bonds is 3. The number of halogens is 1. The van der Waals surface area contributed by atoms with Gasteiger partial charge in [0.25, 0.3) is 0 Å². The molecular weight excluding hydrogens is 233 g/mol. The predicted molar refractivity (Wildman–Crippen MR) is 56.0 cm³/mol. The van der Waals surface area contributed by atoms with Gasteiger partial charge < -0.3 is 4.74 Å². The molecule has 0 aliphatic heterocycles. The molecule has 16 heavy (non-hydrogen) atoms. The summed E-state index contributed by atoms with van der Waals surface area (Å²) in [6.45, 7) is 0. The summed E-state index contributed by atoms with van der Waals surface area (Å²) in [5, 5.41) is 4.95. The van der Waals surface area contributed by atoms with Crippen LogP contribution < -0.4 is 9.88 Å². The first-order valence-corrected chi connectivity index (χ1v) is 6.51. The number of primary sulfonamides is 1. The van der Waals surface area contributed by atoms with Gasteiger partial charge in [-0.05, 0) is 31.4 Å². The first kappa shape index (κ1) is 11.3. The molecule has 0 amide bonds. The van der Waals surface area contributed by atoms with E-state index >= 15 is 0 Å². The lowest BCUT2D eigenvalue weighted by atomic mass is 9.96. The average Bonchev–Trinajstić information content (AvgIpc) is 2.09. The highest BCUT2D eigenvalue weighted by Gasteiger charge is 2.25. The van der Waals surface area contributed by atoms with Crippen molar-refractivity contribution in [3.05, 3.63) is 24.0 Å². The molecule has 1 fully saturated rings. The molecule has 0 bridgehead atoms. The van der Waals surface area contributed by atoms with Crippen LogP contribution in [0.2, 0.25) is 0 Å². The van der Waals surface area contributed by atoms with Gasteiger partial charge in [-0.3, -0.25) is 0 Å². The maximum atomic E-state index is 13.4. The Balaban J connectivity index is 2.39. The molecule has 2 N–H and O–H groups in total. The quantitative estimate of drug-likeness (QED) is 0.875. The van der Waals surface area contributed by atoms with Crippen LogP contribution in [-0.2, 0) is 10.0 Å². The van der Waals surface area contributed by atoms with Gasteiger partial charge in [0.15, 0.2) is 4.90 Å². The highest BCUT2D eigenvalue weighted by molar-refractivity contribution is 7.89. The Kier molecular flexibility index (Phi) is 2.86. The van der Waals surface area contributed by atoms with E-state index in [0.717, 1.165) is 25.3 Å². The standard InChI is InChI=1S/C10H12FNO3S/c11-8-5-2-6-9(10(8)16(12,13)14)15-7-3-1-4-7/h2,5-7H,1,3-4H2,(H2,12,13,14). The van der Waals surface area contributed by atoms with Gasteiger partial charge in [-0.15, -0.1) is 0 Å². The fourth-order valence-corrected chi connectivity index (χ4v) is 2.26. The lowest BCUT2D eigenvalue weighted by molar-refractivity contribution is 0.116. The molecule has 1 aromatic rings. The fraction of sp³-hybridized carbons (Fsp3) is 0.400. The van der Waals surface area contributed by atoms with Crippen LogP contribution in [0.5, 0.6) is 5.75 Å². The topological polar surface area (TPSA) is 69.4 Å². The average molecular weight is 245 g/mol. The fourth-order valence-electron chi connectivity index (χ4n) is 1.53. The lowest BCUT2D eigenvalue weighted by Gasteiger charge is -2.27. The van der Waals surface area contributed by atoms with Gasteiger partial charge in [0.2, 0.25) is 10.0 Å². The smallest absolute Gasteiger partial charge is 0.244 e. The van der Waals surface area contributed by atoms with Crippen LogP contribution in [0.3, 0.4) is 0 Å². The molecule has 6 heteroatoms. The molecule has 1 aliphatic carbocycles. The number of nitrogens with two attached hydrogens (primary N) is 1. The molecule has 1 aromatic carbocycles. The van der Waals surface area contributed by atoms with Gasteiger partial charge in [0.05, 0.1) is 6.10 Å². The normalized spacial score (nSPS) is 16.9. The maximum absolute atomic E-state index is 13.4. The van der Waals surface area contributed by atoms with Gasteiger partial charge in [-0.2, -0.15) is 0 Å². The van der Waals surface area contributed by atoms with Crippen LogP contribution in [0.1, 0.15) is 19.3 Å². The third-order valence-electron chi connectivity index (χ3n) is 2.56. The van der Waals surface area contributed by atoms with E-state index < -0.39 is 20.7 Å². The largest absolute Gasteiger partial charge is 0.489 e. The Morgan fingerprint density at radius 3 is 2.56 bits per heavy atom. The second-order valence-corrected chi connectivity index (χ2v) is 5.28. The summed E-state index contributed by atoms with van der Waals surface area (Å²) in [5.41, 5.74) is 0. The van der Waals surface area contributed by atoms with Crippen LogP contribution in [0, 0.1) is 5.82 Å². The van der Waals surface area contributed by atoms with Crippen LogP contribution in [0.4, 0.5) is 4.39 Å². The Morgan fingerprint density at radius 1 is 1.38 bits per heavy atom. The van der Waals surface area contributed by atoms with Crippen molar-refractivity contribution >= 4 is 10.0 Å². The summed E-state index contributed by atoms with van der Waals surface area (Å²) in [4.78, 5) is -0.554. The third-order valence-corrected chi connectivity index (χ3v) is 3.53. The molecule has 0 aromatic heterocycles. The van der Waals surface area contributed by atoms with Gasteiger partial charge in [0, 0.05) is 0 Å². The van der Waals surface area contributed by atoms with E-state index in [9.17, 15) is 12.8 Å². The SMILES string of the molecule is NS(=O)(=O)c1c(F)cccc1OC1CCC1. The summed E-state index contributed by atoms with van der Waals surface area (Å²) in [7, 11) is -4.09.